The molecule has 35 heavy (non-hydrogen) atoms. The number of carbonyl (C=O) groups excluding carboxylic acids is 1. The Kier molecular flexibility index (Phi) is 7.23. The SMILES string of the molecule is C#CCCC(=O)Nc1ccc(-c2nc(N3CCOCC3)c3cc(CN4CCNCC4)cn3n2)cc1. The summed E-state index contributed by atoms with van der Waals surface area (Å²) in [5.74, 6) is 3.97. The van der Waals surface area contributed by atoms with E-state index in [0.29, 0.717) is 31.9 Å². The lowest BCUT2D eigenvalue weighted by Crippen LogP contribution is -2.42. The minimum Gasteiger partial charge on any atom is -0.378 e. The molecule has 2 N–H and O–H groups in total. The normalized spacial score (nSPS) is 16.8. The van der Waals surface area contributed by atoms with Crippen molar-refractivity contribution in [1.29, 1.82) is 0 Å². The Hall–Kier alpha value is -3.45. The smallest absolute Gasteiger partial charge is 0.225 e. The number of benzene rings is 1. The van der Waals surface area contributed by atoms with Gasteiger partial charge in [-0.3, -0.25) is 9.69 Å². The average Bonchev–Trinajstić information content (AvgIpc) is 3.30. The van der Waals surface area contributed by atoms with Crippen LogP contribution in [0.5, 0.6) is 0 Å². The molecule has 0 atom stereocenters. The number of morpholine rings is 1. The minimum absolute atomic E-state index is 0.0904. The molecule has 182 valence electrons. The quantitative estimate of drug-likeness (QED) is 0.508. The number of nitrogens with zero attached hydrogens (tertiary/aromatic N) is 5. The predicted octanol–water partition coefficient (Wildman–Crippen LogP) is 1.99. The van der Waals surface area contributed by atoms with Crippen LogP contribution in [-0.4, -0.2) is 77.9 Å². The summed E-state index contributed by atoms with van der Waals surface area (Å²) in [7, 11) is 0. The number of anilines is 2. The maximum Gasteiger partial charge on any atom is 0.225 e. The topological polar surface area (TPSA) is 87.0 Å². The van der Waals surface area contributed by atoms with Crippen LogP contribution in [0.1, 0.15) is 18.4 Å². The Morgan fingerprint density at radius 2 is 1.91 bits per heavy atom. The molecule has 9 heteroatoms. The molecule has 2 fully saturated rings. The van der Waals surface area contributed by atoms with E-state index in [2.05, 4.69) is 38.6 Å². The number of terminal acetylenes is 1. The van der Waals surface area contributed by atoms with Crippen LogP contribution in [-0.2, 0) is 16.1 Å². The highest BCUT2D eigenvalue weighted by Gasteiger charge is 2.20. The first-order chi connectivity index (χ1) is 17.2. The van der Waals surface area contributed by atoms with Crippen LogP contribution in [0.25, 0.3) is 16.9 Å². The van der Waals surface area contributed by atoms with Crippen molar-refractivity contribution in [3.05, 3.63) is 42.1 Å². The van der Waals surface area contributed by atoms with Crippen molar-refractivity contribution in [2.45, 2.75) is 19.4 Å². The summed E-state index contributed by atoms with van der Waals surface area (Å²) in [5, 5.41) is 11.1. The summed E-state index contributed by atoms with van der Waals surface area (Å²) in [4.78, 5) is 21.7. The lowest BCUT2D eigenvalue weighted by Gasteiger charge is -2.28. The van der Waals surface area contributed by atoms with E-state index in [4.69, 9.17) is 21.2 Å². The minimum atomic E-state index is -0.0904. The predicted molar refractivity (Wildman–Crippen MR) is 136 cm³/mol. The molecule has 3 aromatic rings. The van der Waals surface area contributed by atoms with Crippen LogP contribution >= 0.6 is 0 Å². The molecule has 9 nitrogen and oxygen atoms in total. The Morgan fingerprint density at radius 1 is 1.14 bits per heavy atom. The third-order valence-electron chi connectivity index (χ3n) is 6.35. The van der Waals surface area contributed by atoms with Crippen molar-refractivity contribution in [1.82, 2.24) is 24.8 Å². The third kappa shape index (κ3) is 5.62. The van der Waals surface area contributed by atoms with Crippen molar-refractivity contribution in [2.75, 3.05) is 62.7 Å². The van der Waals surface area contributed by atoms with Gasteiger partial charge in [0.15, 0.2) is 11.6 Å². The zero-order chi connectivity index (χ0) is 24.0. The highest BCUT2D eigenvalue weighted by atomic mass is 16.5. The molecule has 0 radical (unpaired) electrons. The van der Waals surface area contributed by atoms with E-state index in [1.165, 1.54) is 5.56 Å². The summed E-state index contributed by atoms with van der Waals surface area (Å²) in [6.45, 7) is 8.02. The molecule has 4 heterocycles. The first-order valence-electron chi connectivity index (χ1n) is 12.2. The van der Waals surface area contributed by atoms with Crippen LogP contribution in [0.2, 0.25) is 0 Å². The Bertz CT molecular complexity index is 1200. The number of nitrogens with one attached hydrogen (secondary N) is 2. The lowest BCUT2D eigenvalue weighted by atomic mass is 10.2. The van der Waals surface area contributed by atoms with Gasteiger partial charge in [0.05, 0.1) is 13.2 Å². The number of amides is 1. The standard InChI is InChI=1S/C26H31N7O2/c1-2-3-4-24(34)28-22-7-5-21(6-8-22)25-29-26(32-13-15-35-16-14-32)23-17-20(19-33(23)30-25)18-31-11-9-27-10-12-31/h1,5-8,17,19,27H,3-4,9-16,18H2,(H,28,34). The fraction of sp³-hybridized carbons (Fsp3) is 0.423. The Labute approximate surface area is 205 Å². The van der Waals surface area contributed by atoms with E-state index in [1.54, 1.807) is 0 Å². The van der Waals surface area contributed by atoms with Gasteiger partial charge in [0, 0.05) is 76.1 Å². The van der Waals surface area contributed by atoms with Gasteiger partial charge >= 0.3 is 0 Å². The van der Waals surface area contributed by atoms with E-state index in [1.807, 2.05) is 28.8 Å². The molecule has 0 saturated carbocycles. The van der Waals surface area contributed by atoms with Crippen molar-refractivity contribution < 1.29 is 9.53 Å². The first-order valence-corrected chi connectivity index (χ1v) is 12.2. The molecule has 0 spiro atoms. The van der Waals surface area contributed by atoms with Gasteiger partial charge in [-0.1, -0.05) is 0 Å². The molecule has 2 aliphatic heterocycles. The van der Waals surface area contributed by atoms with Crippen molar-refractivity contribution in [3.63, 3.8) is 0 Å². The summed E-state index contributed by atoms with van der Waals surface area (Å²) in [6, 6.07) is 9.83. The zero-order valence-electron chi connectivity index (χ0n) is 19.9. The second-order valence-electron chi connectivity index (χ2n) is 8.89. The van der Waals surface area contributed by atoms with Crippen molar-refractivity contribution in [3.8, 4) is 23.7 Å². The number of hydrogen-bond donors (Lipinski definition) is 2. The van der Waals surface area contributed by atoms with Gasteiger partial charge in [-0.2, -0.15) is 0 Å². The molecule has 0 aliphatic carbocycles. The molecule has 2 aromatic heterocycles. The molecule has 0 bridgehead atoms. The average molecular weight is 474 g/mol. The van der Waals surface area contributed by atoms with Gasteiger partial charge in [-0.15, -0.1) is 17.4 Å². The highest BCUT2D eigenvalue weighted by Crippen LogP contribution is 2.27. The molecule has 0 unspecified atom stereocenters. The van der Waals surface area contributed by atoms with Crippen LogP contribution in [0, 0.1) is 12.3 Å². The van der Waals surface area contributed by atoms with Crippen LogP contribution in [0.15, 0.2) is 36.5 Å². The zero-order valence-corrected chi connectivity index (χ0v) is 19.9. The van der Waals surface area contributed by atoms with E-state index in [9.17, 15) is 4.79 Å². The van der Waals surface area contributed by atoms with E-state index >= 15 is 0 Å². The molecule has 1 aromatic carbocycles. The van der Waals surface area contributed by atoms with Gasteiger partial charge in [0.2, 0.25) is 5.91 Å². The number of hydrogen-bond acceptors (Lipinski definition) is 7. The molecule has 2 aliphatic rings. The van der Waals surface area contributed by atoms with Gasteiger partial charge in [0.1, 0.15) is 5.52 Å². The van der Waals surface area contributed by atoms with Crippen molar-refractivity contribution in [2.24, 2.45) is 0 Å². The maximum atomic E-state index is 12.0. The summed E-state index contributed by atoms with van der Waals surface area (Å²) in [5.41, 5.74) is 3.86. The van der Waals surface area contributed by atoms with Crippen molar-refractivity contribution >= 4 is 22.9 Å². The first kappa shape index (κ1) is 23.3. The number of fused-ring (bicyclic) bond motifs is 1. The molecule has 5 rings (SSSR count). The largest absolute Gasteiger partial charge is 0.378 e. The fourth-order valence-corrected chi connectivity index (χ4v) is 4.49. The highest BCUT2D eigenvalue weighted by molar-refractivity contribution is 5.91. The van der Waals surface area contributed by atoms with E-state index in [0.717, 1.165) is 68.4 Å². The number of ether oxygens (including phenoxy) is 1. The van der Waals surface area contributed by atoms with Crippen LogP contribution in [0.3, 0.4) is 0 Å². The third-order valence-corrected chi connectivity index (χ3v) is 6.35. The van der Waals surface area contributed by atoms with Crippen LogP contribution in [0.4, 0.5) is 11.5 Å². The molecule has 1 amide bonds. The Morgan fingerprint density at radius 3 is 2.66 bits per heavy atom. The fourth-order valence-electron chi connectivity index (χ4n) is 4.49. The monoisotopic (exact) mass is 473 g/mol. The van der Waals surface area contributed by atoms with Gasteiger partial charge in [-0.05, 0) is 35.9 Å². The number of aromatic nitrogens is 3. The summed E-state index contributed by atoms with van der Waals surface area (Å²) >= 11 is 0. The van der Waals surface area contributed by atoms with E-state index < -0.39 is 0 Å². The molecule has 2 saturated heterocycles. The lowest BCUT2D eigenvalue weighted by molar-refractivity contribution is -0.116. The number of rotatable bonds is 7. The van der Waals surface area contributed by atoms with Gasteiger partial charge in [0.25, 0.3) is 0 Å². The maximum absolute atomic E-state index is 12.0. The second kappa shape index (κ2) is 10.9. The van der Waals surface area contributed by atoms with Gasteiger partial charge < -0.3 is 20.3 Å². The second-order valence-corrected chi connectivity index (χ2v) is 8.89. The summed E-state index contributed by atoms with van der Waals surface area (Å²) < 4.78 is 7.53. The Balaban J connectivity index is 1.43. The molecular weight excluding hydrogens is 442 g/mol. The summed E-state index contributed by atoms with van der Waals surface area (Å²) in [6.07, 6.45) is 8.10. The van der Waals surface area contributed by atoms with E-state index in [-0.39, 0.29) is 5.91 Å². The number of carbonyl (C=O) groups is 1. The number of piperazine rings is 1. The van der Waals surface area contributed by atoms with Crippen LogP contribution < -0.4 is 15.5 Å². The van der Waals surface area contributed by atoms with Gasteiger partial charge in [-0.25, -0.2) is 9.50 Å². The molecular formula is C26H31N7O2.